The largest absolute Gasteiger partial charge is 0.356 e. The van der Waals surface area contributed by atoms with Gasteiger partial charge in [0.1, 0.15) is 18.0 Å². The van der Waals surface area contributed by atoms with Crippen LogP contribution in [0, 0.1) is 11.7 Å². The number of fused-ring (bicyclic) bond motifs is 1. The molecule has 5 nitrogen and oxygen atoms in total. The van der Waals surface area contributed by atoms with E-state index in [9.17, 15) is 9.18 Å². The first-order valence-electron chi connectivity index (χ1n) is 11.0. The monoisotopic (exact) mass is 428 g/mol. The molecule has 1 amide bonds. The molecular weight excluding hydrogens is 403 g/mol. The van der Waals surface area contributed by atoms with Gasteiger partial charge in [-0.3, -0.25) is 4.79 Å². The summed E-state index contributed by atoms with van der Waals surface area (Å²) in [5, 5.41) is 3.05. The first-order valence-corrected chi connectivity index (χ1v) is 11.0. The second-order valence-corrected chi connectivity index (χ2v) is 8.45. The molecule has 1 aliphatic carbocycles. The number of halogens is 1. The van der Waals surface area contributed by atoms with Gasteiger partial charge in [-0.1, -0.05) is 30.3 Å². The number of rotatable bonds is 4. The number of anilines is 2. The Labute approximate surface area is 187 Å². The Bertz CT molecular complexity index is 1200. The van der Waals surface area contributed by atoms with E-state index in [2.05, 4.69) is 33.2 Å². The van der Waals surface area contributed by atoms with E-state index in [-0.39, 0.29) is 17.6 Å². The van der Waals surface area contributed by atoms with Crippen molar-refractivity contribution in [2.75, 3.05) is 23.3 Å². The van der Waals surface area contributed by atoms with Crippen LogP contribution in [0.15, 0.2) is 60.9 Å². The topological polar surface area (TPSA) is 58.1 Å². The average molecular weight is 429 g/mol. The normalized spacial score (nSPS) is 15.9. The van der Waals surface area contributed by atoms with Gasteiger partial charge < -0.3 is 10.2 Å². The number of carbonyl (C=O) groups is 1. The molecule has 0 atom stereocenters. The quantitative estimate of drug-likeness (QED) is 0.628. The number of benzene rings is 2. The molecule has 2 heterocycles. The fourth-order valence-corrected chi connectivity index (χ4v) is 4.60. The summed E-state index contributed by atoms with van der Waals surface area (Å²) in [5.41, 5.74) is 5.87. The van der Waals surface area contributed by atoms with Crippen molar-refractivity contribution in [2.24, 2.45) is 5.92 Å². The van der Waals surface area contributed by atoms with Crippen LogP contribution in [0.2, 0.25) is 0 Å². The predicted molar refractivity (Wildman–Crippen MR) is 125 cm³/mol. The van der Waals surface area contributed by atoms with Crippen LogP contribution < -0.4 is 10.2 Å². The van der Waals surface area contributed by atoms with Crippen LogP contribution in [0.25, 0.3) is 16.7 Å². The van der Waals surface area contributed by atoms with Crippen molar-refractivity contribution in [1.29, 1.82) is 0 Å². The molecule has 1 N–H and O–H groups in total. The molecule has 3 aromatic rings. The first kappa shape index (κ1) is 20.4. The van der Waals surface area contributed by atoms with E-state index in [0.717, 1.165) is 66.2 Å². The number of allylic oxidation sites excluding steroid dienone is 2. The summed E-state index contributed by atoms with van der Waals surface area (Å²) in [6.45, 7) is 3.69. The minimum absolute atomic E-state index is 0.0324. The van der Waals surface area contributed by atoms with Gasteiger partial charge in [-0.15, -0.1) is 0 Å². The second-order valence-electron chi connectivity index (χ2n) is 8.45. The Morgan fingerprint density at radius 3 is 2.59 bits per heavy atom. The van der Waals surface area contributed by atoms with Gasteiger partial charge in [0.15, 0.2) is 0 Å². The molecule has 0 bridgehead atoms. The summed E-state index contributed by atoms with van der Waals surface area (Å²) >= 11 is 0. The number of hydrogen-bond donors (Lipinski definition) is 1. The molecule has 6 heteroatoms. The van der Waals surface area contributed by atoms with E-state index < -0.39 is 0 Å². The molecular formula is C26H25FN4O. The molecule has 1 aromatic heterocycles. The molecule has 0 spiro atoms. The van der Waals surface area contributed by atoms with E-state index in [1.54, 1.807) is 12.4 Å². The molecule has 32 heavy (non-hydrogen) atoms. The molecule has 5 rings (SSSR count). The van der Waals surface area contributed by atoms with Crippen LogP contribution in [-0.2, 0) is 11.2 Å². The fraction of sp³-hybridized carbons (Fsp3) is 0.269. The van der Waals surface area contributed by atoms with E-state index >= 15 is 0 Å². The molecule has 0 radical (unpaired) electrons. The lowest BCUT2D eigenvalue weighted by Crippen LogP contribution is -2.39. The molecule has 1 aliphatic heterocycles. The van der Waals surface area contributed by atoms with E-state index in [1.807, 2.05) is 30.3 Å². The number of nitrogens with zero attached hydrogens (tertiary/aromatic N) is 3. The maximum atomic E-state index is 13.6. The zero-order valence-electron chi connectivity index (χ0n) is 18.0. The highest BCUT2D eigenvalue weighted by Gasteiger charge is 2.28. The van der Waals surface area contributed by atoms with Gasteiger partial charge in [0.05, 0.1) is 5.69 Å². The summed E-state index contributed by atoms with van der Waals surface area (Å²) in [6, 6.07) is 14.0. The Morgan fingerprint density at radius 2 is 1.81 bits per heavy atom. The van der Waals surface area contributed by atoms with Crippen LogP contribution in [-0.4, -0.2) is 29.0 Å². The zero-order valence-corrected chi connectivity index (χ0v) is 18.0. The van der Waals surface area contributed by atoms with Crippen molar-refractivity contribution in [3.63, 3.8) is 0 Å². The van der Waals surface area contributed by atoms with Gasteiger partial charge >= 0.3 is 0 Å². The highest BCUT2D eigenvalue weighted by Crippen LogP contribution is 2.34. The Balaban J connectivity index is 1.24. The van der Waals surface area contributed by atoms with E-state index in [1.165, 1.54) is 17.7 Å². The third-order valence-corrected chi connectivity index (χ3v) is 6.36. The second kappa shape index (κ2) is 8.54. The number of carbonyl (C=O) groups excluding carboxylic acids is 1. The Hall–Kier alpha value is -3.54. The van der Waals surface area contributed by atoms with Crippen LogP contribution in [0.4, 0.5) is 15.9 Å². The summed E-state index contributed by atoms with van der Waals surface area (Å²) in [5.74, 6) is 0.701. The minimum atomic E-state index is -0.274. The zero-order chi connectivity index (χ0) is 22.1. The molecule has 2 aliphatic rings. The fourth-order valence-electron chi connectivity index (χ4n) is 4.60. The Morgan fingerprint density at radius 1 is 1.06 bits per heavy atom. The lowest BCUT2D eigenvalue weighted by atomic mass is 9.95. The molecule has 0 saturated carbocycles. The maximum absolute atomic E-state index is 13.6. The number of nitrogens with one attached hydrogen (secondary N) is 1. The average Bonchev–Trinajstić information content (AvgIpc) is 3.20. The van der Waals surface area contributed by atoms with Crippen molar-refractivity contribution in [3.05, 3.63) is 78.0 Å². The number of piperidine rings is 1. The van der Waals surface area contributed by atoms with Crippen molar-refractivity contribution >= 4 is 23.0 Å². The molecule has 1 fully saturated rings. The molecule has 162 valence electrons. The predicted octanol–water partition coefficient (Wildman–Crippen LogP) is 5.10. The maximum Gasteiger partial charge on any atom is 0.227 e. The molecule has 1 saturated heterocycles. The SMILES string of the molecule is CC1=CCc2ncnc(N3CCC(C(=O)Nc4cccc(-c5cccc(F)c5)c4)CC3)c21. The minimum Gasteiger partial charge on any atom is -0.356 e. The van der Waals surface area contributed by atoms with Crippen molar-refractivity contribution in [2.45, 2.75) is 26.2 Å². The van der Waals surface area contributed by atoms with Crippen LogP contribution in [0.3, 0.4) is 0 Å². The standard InChI is InChI=1S/C26H25FN4O/c1-17-8-9-23-24(17)25(29-16-28-23)31-12-10-18(11-13-31)26(32)30-22-7-3-5-20(15-22)19-4-2-6-21(27)14-19/h2-8,14-16,18H,9-13H2,1H3,(H,30,32). The van der Waals surface area contributed by atoms with E-state index in [0.29, 0.717) is 0 Å². The van der Waals surface area contributed by atoms with Gasteiger partial charge in [0.25, 0.3) is 0 Å². The van der Waals surface area contributed by atoms with Gasteiger partial charge in [-0.05, 0) is 60.7 Å². The van der Waals surface area contributed by atoms with Gasteiger partial charge in [0.2, 0.25) is 5.91 Å². The third-order valence-electron chi connectivity index (χ3n) is 6.36. The number of amides is 1. The van der Waals surface area contributed by atoms with Crippen LogP contribution >= 0.6 is 0 Å². The third kappa shape index (κ3) is 4.00. The summed E-state index contributed by atoms with van der Waals surface area (Å²) in [6.07, 6.45) is 6.25. The summed E-state index contributed by atoms with van der Waals surface area (Å²) < 4.78 is 13.6. The van der Waals surface area contributed by atoms with Crippen molar-refractivity contribution in [3.8, 4) is 11.1 Å². The van der Waals surface area contributed by atoms with E-state index in [4.69, 9.17) is 0 Å². The summed E-state index contributed by atoms with van der Waals surface area (Å²) in [4.78, 5) is 24.2. The van der Waals surface area contributed by atoms with Gasteiger partial charge in [0, 0.05) is 36.7 Å². The molecule has 0 unspecified atom stereocenters. The van der Waals surface area contributed by atoms with Crippen LogP contribution in [0.1, 0.15) is 31.0 Å². The Kier molecular flexibility index (Phi) is 5.43. The number of hydrogen-bond acceptors (Lipinski definition) is 4. The smallest absolute Gasteiger partial charge is 0.227 e. The summed E-state index contributed by atoms with van der Waals surface area (Å²) in [7, 11) is 0. The highest BCUT2D eigenvalue weighted by atomic mass is 19.1. The number of aromatic nitrogens is 2. The first-order chi connectivity index (χ1) is 15.6. The van der Waals surface area contributed by atoms with Gasteiger partial charge in [-0.2, -0.15) is 0 Å². The van der Waals surface area contributed by atoms with Crippen molar-refractivity contribution < 1.29 is 9.18 Å². The van der Waals surface area contributed by atoms with Gasteiger partial charge in [-0.25, -0.2) is 14.4 Å². The lowest BCUT2D eigenvalue weighted by molar-refractivity contribution is -0.120. The highest BCUT2D eigenvalue weighted by molar-refractivity contribution is 5.93. The van der Waals surface area contributed by atoms with Crippen molar-refractivity contribution in [1.82, 2.24) is 9.97 Å². The molecule has 2 aromatic carbocycles. The van der Waals surface area contributed by atoms with Crippen LogP contribution in [0.5, 0.6) is 0 Å². The lowest BCUT2D eigenvalue weighted by Gasteiger charge is -2.33.